The SMILES string of the molecule is O=C(O)CC[C@H]1CCCCN1C(=O)[C@H]1Cc2cccc(F)c2O1. The van der Waals surface area contributed by atoms with E-state index in [1.54, 1.807) is 17.0 Å². The Morgan fingerprint density at radius 3 is 2.91 bits per heavy atom. The molecule has 0 aromatic heterocycles. The van der Waals surface area contributed by atoms with Crippen molar-refractivity contribution < 1.29 is 23.8 Å². The lowest BCUT2D eigenvalue weighted by Gasteiger charge is -2.36. The zero-order valence-corrected chi connectivity index (χ0v) is 12.8. The van der Waals surface area contributed by atoms with Crippen LogP contribution >= 0.6 is 0 Å². The minimum atomic E-state index is -0.852. The van der Waals surface area contributed by atoms with E-state index in [0.717, 1.165) is 19.3 Å². The number of piperidine rings is 1. The second-order valence-electron chi connectivity index (χ2n) is 6.15. The second-order valence-corrected chi connectivity index (χ2v) is 6.15. The molecular formula is C17H20FNO4. The maximum absolute atomic E-state index is 13.7. The standard InChI is InChI=1S/C17H20FNO4/c18-13-6-3-4-11-10-14(23-16(11)13)17(22)19-9-2-1-5-12(19)7-8-15(20)21/h3-4,6,12,14H,1-2,5,7-10H2,(H,20,21)/t12-,14-/m1/s1. The largest absolute Gasteiger partial charge is 0.481 e. The molecule has 3 rings (SSSR count). The number of likely N-dealkylation sites (tertiary alicyclic amines) is 1. The summed E-state index contributed by atoms with van der Waals surface area (Å²) in [5.74, 6) is -1.28. The molecule has 2 heterocycles. The van der Waals surface area contributed by atoms with Crippen LogP contribution in [0.15, 0.2) is 18.2 Å². The molecule has 1 amide bonds. The van der Waals surface area contributed by atoms with Crippen molar-refractivity contribution >= 4 is 11.9 Å². The quantitative estimate of drug-likeness (QED) is 0.924. The lowest BCUT2D eigenvalue weighted by Crippen LogP contribution is -2.49. The molecule has 1 saturated heterocycles. The summed E-state index contributed by atoms with van der Waals surface area (Å²) in [6.07, 6.45) is 2.88. The minimum Gasteiger partial charge on any atom is -0.481 e. The number of rotatable bonds is 4. The van der Waals surface area contributed by atoms with Gasteiger partial charge in [-0.25, -0.2) is 4.39 Å². The lowest BCUT2D eigenvalue weighted by molar-refractivity contribution is -0.144. The Labute approximate surface area is 134 Å². The van der Waals surface area contributed by atoms with Crippen LogP contribution in [0.1, 0.15) is 37.7 Å². The van der Waals surface area contributed by atoms with Gasteiger partial charge in [0, 0.05) is 31.0 Å². The number of ether oxygens (including phenoxy) is 1. The van der Waals surface area contributed by atoms with Crippen LogP contribution in [0.2, 0.25) is 0 Å². The van der Waals surface area contributed by atoms with E-state index in [1.165, 1.54) is 6.07 Å². The van der Waals surface area contributed by atoms with Gasteiger partial charge in [-0.3, -0.25) is 9.59 Å². The Morgan fingerprint density at radius 2 is 2.17 bits per heavy atom. The van der Waals surface area contributed by atoms with Crippen LogP contribution < -0.4 is 4.74 Å². The fourth-order valence-electron chi connectivity index (χ4n) is 3.43. The number of carboxylic acids is 1. The molecule has 0 spiro atoms. The van der Waals surface area contributed by atoms with Crippen LogP contribution in [0.25, 0.3) is 0 Å². The van der Waals surface area contributed by atoms with Gasteiger partial charge in [0.15, 0.2) is 17.7 Å². The normalized spacial score (nSPS) is 23.3. The first kappa shape index (κ1) is 15.8. The zero-order valence-electron chi connectivity index (χ0n) is 12.8. The van der Waals surface area contributed by atoms with Gasteiger partial charge in [-0.2, -0.15) is 0 Å². The van der Waals surface area contributed by atoms with Crippen molar-refractivity contribution in [3.63, 3.8) is 0 Å². The molecule has 1 aromatic rings. The molecular weight excluding hydrogens is 301 g/mol. The van der Waals surface area contributed by atoms with Crippen LogP contribution in [0.3, 0.4) is 0 Å². The molecule has 23 heavy (non-hydrogen) atoms. The summed E-state index contributed by atoms with van der Waals surface area (Å²) >= 11 is 0. The van der Waals surface area contributed by atoms with E-state index in [1.807, 2.05) is 0 Å². The van der Waals surface area contributed by atoms with Gasteiger partial charge in [-0.1, -0.05) is 12.1 Å². The van der Waals surface area contributed by atoms with E-state index in [2.05, 4.69) is 0 Å². The third kappa shape index (κ3) is 3.30. The fraction of sp³-hybridized carbons (Fsp3) is 0.529. The van der Waals surface area contributed by atoms with Crippen molar-refractivity contribution in [1.82, 2.24) is 4.90 Å². The second kappa shape index (κ2) is 6.56. The molecule has 2 aliphatic heterocycles. The number of para-hydroxylation sites is 1. The summed E-state index contributed by atoms with van der Waals surface area (Å²) < 4.78 is 19.3. The van der Waals surface area contributed by atoms with E-state index in [0.29, 0.717) is 24.9 Å². The van der Waals surface area contributed by atoms with Crippen molar-refractivity contribution in [1.29, 1.82) is 0 Å². The molecule has 0 aliphatic carbocycles. The maximum atomic E-state index is 13.7. The zero-order chi connectivity index (χ0) is 16.4. The van der Waals surface area contributed by atoms with Crippen molar-refractivity contribution in [2.75, 3.05) is 6.54 Å². The van der Waals surface area contributed by atoms with Crippen LogP contribution in [-0.2, 0) is 16.0 Å². The summed E-state index contributed by atoms with van der Waals surface area (Å²) in [4.78, 5) is 25.3. The highest BCUT2D eigenvalue weighted by Crippen LogP contribution is 2.33. The fourth-order valence-corrected chi connectivity index (χ4v) is 3.43. The van der Waals surface area contributed by atoms with E-state index >= 15 is 0 Å². The summed E-state index contributed by atoms with van der Waals surface area (Å²) in [5, 5.41) is 8.86. The topological polar surface area (TPSA) is 66.8 Å². The predicted octanol–water partition coefficient (Wildman–Crippen LogP) is 2.38. The number of carbonyl (C=O) groups is 2. The monoisotopic (exact) mass is 321 g/mol. The van der Waals surface area contributed by atoms with E-state index in [9.17, 15) is 14.0 Å². The molecule has 5 nitrogen and oxygen atoms in total. The van der Waals surface area contributed by atoms with E-state index in [4.69, 9.17) is 9.84 Å². The molecule has 6 heteroatoms. The summed E-state index contributed by atoms with van der Waals surface area (Å²) in [6.45, 7) is 0.613. The number of nitrogens with zero attached hydrogens (tertiary/aromatic N) is 1. The molecule has 1 aromatic carbocycles. The average Bonchev–Trinajstić information content (AvgIpc) is 2.98. The number of carboxylic acid groups (broad SMARTS) is 1. The molecule has 2 atom stereocenters. The third-order valence-electron chi connectivity index (χ3n) is 4.59. The minimum absolute atomic E-state index is 0.0504. The van der Waals surface area contributed by atoms with Gasteiger partial charge in [-0.15, -0.1) is 0 Å². The van der Waals surface area contributed by atoms with Gasteiger partial charge in [0.05, 0.1) is 0 Å². The Bertz CT molecular complexity index is 619. The van der Waals surface area contributed by atoms with E-state index < -0.39 is 17.9 Å². The maximum Gasteiger partial charge on any atom is 0.303 e. The highest BCUT2D eigenvalue weighted by atomic mass is 19.1. The first-order valence-electron chi connectivity index (χ1n) is 8.02. The van der Waals surface area contributed by atoms with Gasteiger partial charge in [0.1, 0.15) is 0 Å². The van der Waals surface area contributed by atoms with Crippen LogP contribution in [-0.4, -0.2) is 40.6 Å². The van der Waals surface area contributed by atoms with Crippen molar-refractivity contribution in [3.8, 4) is 5.75 Å². The Kier molecular flexibility index (Phi) is 4.50. The average molecular weight is 321 g/mol. The first-order chi connectivity index (χ1) is 11.1. The number of hydrogen-bond donors (Lipinski definition) is 1. The third-order valence-corrected chi connectivity index (χ3v) is 4.59. The molecule has 124 valence electrons. The molecule has 1 fully saturated rings. The summed E-state index contributed by atoms with van der Waals surface area (Å²) in [7, 11) is 0. The number of halogens is 1. The van der Waals surface area contributed by atoms with E-state index in [-0.39, 0.29) is 24.1 Å². The Morgan fingerprint density at radius 1 is 1.35 bits per heavy atom. The number of aliphatic carboxylic acids is 1. The van der Waals surface area contributed by atoms with Crippen LogP contribution in [0, 0.1) is 5.82 Å². The van der Waals surface area contributed by atoms with Crippen molar-refractivity contribution in [2.45, 2.75) is 50.7 Å². The molecule has 0 radical (unpaired) electrons. The van der Waals surface area contributed by atoms with Gasteiger partial charge in [0.25, 0.3) is 5.91 Å². The van der Waals surface area contributed by atoms with Crippen molar-refractivity contribution in [3.05, 3.63) is 29.6 Å². The lowest BCUT2D eigenvalue weighted by atomic mass is 9.96. The molecule has 0 bridgehead atoms. The highest BCUT2D eigenvalue weighted by molar-refractivity contribution is 5.83. The predicted molar refractivity (Wildman–Crippen MR) is 80.7 cm³/mol. The number of fused-ring (bicyclic) bond motifs is 1. The number of hydrogen-bond acceptors (Lipinski definition) is 3. The molecule has 2 aliphatic rings. The molecule has 0 saturated carbocycles. The van der Waals surface area contributed by atoms with Gasteiger partial charge >= 0.3 is 5.97 Å². The van der Waals surface area contributed by atoms with Crippen LogP contribution in [0.4, 0.5) is 4.39 Å². The van der Waals surface area contributed by atoms with Crippen molar-refractivity contribution in [2.24, 2.45) is 0 Å². The number of benzene rings is 1. The highest BCUT2D eigenvalue weighted by Gasteiger charge is 2.37. The summed E-state index contributed by atoms with van der Waals surface area (Å²) in [6, 6.07) is 4.64. The van der Waals surface area contributed by atoms with Gasteiger partial charge < -0.3 is 14.7 Å². The Hall–Kier alpha value is -2.11. The van der Waals surface area contributed by atoms with Gasteiger partial charge in [0.2, 0.25) is 0 Å². The first-order valence-corrected chi connectivity index (χ1v) is 8.02. The van der Waals surface area contributed by atoms with Crippen LogP contribution in [0.5, 0.6) is 5.75 Å². The molecule has 1 N–H and O–H groups in total. The van der Waals surface area contributed by atoms with Gasteiger partial charge in [-0.05, 0) is 31.7 Å². The number of carbonyl (C=O) groups excluding carboxylic acids is 1. The number of amides is 1. The smallest absolute Gasteiger partial charge is 0.303 e. The Balaban J connectivity index is 1.69. The summed E-state index contributed by atoms with van der Waals surface area (Å²) in [5.41, 5.74) is 0.711. The molecule has 0 unspecified atom stereocenters.